The predicted molar refractivity (Wildman–Crippen MR) is 112 cm³/mol. The Kier molecular flexibility index (Phi) is 8.83. The van der Waals surface area contributed by atoms with Crippen LogP contribution in [0.5, 0.6) is 17.2 Å². The Bertz CT molecular complexity index is 880. The molecule has 0 spiro atoms. The van der Waals surface area contributed by atoms with Gasteiger partial charge in [0.15, 0.2) is 6.10 Å². The number of methoxy groups -OCH3 is 1. The zero-order chi connectivity index (χ0) is 21.9. The average molecular weight is 414 g/mol. The topological polar surface area (TPSA) is 98.9 Å². The molecule has 1 N–H and O–H groups in total. The lowest BCUT2D eigenvalue weighted by molar-refractivity contribution is -0.149. The first kappa shape index (κ1) is 22.9. The highest BCUT2D eigenvalue weighted by molar-refractivity contribution is 5.87. The Morgan fingerprint density at radius 3 is 2.50 bits per heavy atom. The number of ether oxygens (including phenoxy) is 4. The average Bonchev–Trinajstić information content (AvgIpc) is 2.75. The molecular weight excluding hydrogens is 388 g/mol. The van der Waals surface area contributed by atoms with Crippen LogP contribution in [0.1, 0.15) is 13.8 Å². The fourth-order valence-electron chi connectivity index (χ4n) is 2.28. The van der Waals surface area contributed by atoms with Gasteiger partial charge in [-0.05, 0) is 50.2 Å². The number of hydrogen-bond donors (Lipinski definition) is 1. The molecule has 2 aromatic carbocycles. The van der Waals surface area contributed by atoms with Crippen molar-refractivity contribution in [3.63, 3.8) is 0 Å². The van der Waals surface area contributed by atoms with Crippen LogP contribution in [-0.4, -0.2) is 44.1 Å². The molecule has 0 bridgehead atoms. The van der Waals surface area contributed by atoms with Crippen molar-refractivity contribution in [3.05, 3.63) is 54.6 Å². The lowest BCUT2D eigenvalue weighted by Gasteiger charge is -2.18. The van der Waals surface area contributed by atoms with Crippen molar-refractivity contribution in [2.24, 2.45) is 10.2 Å². The zero-order valence-corrected chi connectivity index (χ0v) is 17.3. The highest BCUT2D eigenvalue weighted by Gasteiger charge is 2.16. The molecule has 0 amide bonds. The molecule has 8 heteroatoms. The van der Waals surface area contributed by atoms with E-state index in [1.54, 1.807) is 37.3 Å². The number of nitrogens with zero attached hydrogens (tertiary/aromatic N) is 2. The molecule has 0 saturated heterocycles. The first-order valence-electron chi connectivity index (χ1n) is 9.38. The van der Waals surface area contributed by atoms with Gasteiger partial charge in [-0.15, -0.1) is 5.11 Å². The highest BCUT2D eigenvalue weighted by atomic mass is 16.6. The first-order chi connectivity index (χ1) is 14.4. The molecule has 0 aliphatic heterocycles. The van der Waals surface area contributed by atoms with Gasteiger partial charge in [0.2, 0.25) is 0 Å². The van der Waals surface area contributed by atoms with Crippen LogP contribution >= 0.6 is 0 Å². The van der Waals surface area contributed by atoms with Crippen LogP contribution in [0, 0.1) is 0 Å². The van der Waals surface area contributed by atoms with Crippen molar-refractivity contribution in [1.82, 2.24) is 0 Å². The van der Waals surface area contributed by atoms with Crippen molar-refractivity contribution >= 4 is 17.3 Å². The Hall–Kier alpha value is -3.39. The normalized spacial score (nSPS) is 11.8. The standard InChI is InChI=1S/C22H26N2O6/c1-5-28-13-19(30-22(26)15(2)3)14-29-18-9-6-16(7-10-18)23-24-20-11-8-17(25)12-21(20)27-4/h6-12,19,25H,2,5,13-14H2,1,3-4H3. The summed E-state index contributed by atoms with van der Waals surface area (Å²) in [4.78, 5) is 11.7. The second kappa shape index (κ2) is 11.6. The minimum Gasteiger partial charge on any atom is -0.508 e. The summed E-state index contributed by atoms with van der Waals surface area (Å²) in [6.45, 7) is 7.90. The van der Waals surface area contributed by atoms with Crippen LogP contribution in [0.15, 0.2) is 64.8 Å². The number of benzene rings is 2. The monoisotopic (exact) mass is 414 g/mol. The Morgan fingerprint density at radius 1 is 1.13 bits per heavy atom. The van der Waals surface area contributed by atoms with E-state index in [1.165, 1.54) is 19.2 Å². The molecule has 0 fully saturated rings. The van der Waals surface area contributed by atoms with E-state index in [0.717, 1.165) is 0 Å². The summed E-state index contributed by atoms with van der Waals surface area (Å²) < 4.78 is 21.5. The summed E-state index contributed by atoms with van der Waals surface area (Å²) in [7, 11) is 1.49. The van der Waals surface area contributed by atoms with Gasteiger partial charge in [-0.2, -0.15) is 5.11 Å². The van der Waals surface area contributed by atoms with E-state index < -0.39 is 12.1 Å². The number of hydrogen-bond acceptors (Lipinski definition) is 8. The fraction of sp³-hybridized carbons (Fsp3) is 0.318. The molecule has 2 rings (SSSR count). The van der Waals surface area contributed by atoms with Gasteiger partial charge in [-0.3, -0.25) is 0 Å². The van der Waals surface area contributed by atoms with Gasteiger partial charge >= 0.3 is 5.97 Å². The summed E-state index contributed by atoms with van der Waals surface area (Å²) in [5, 5.41) is 17.8. The Labute approximate surface area is 175 Å². The van der Waals surface area contributed by atoms with Crippen molar-refractivity contribution in [1.29, 1.82) is 0 Å². The van der Waals surface area contributed by atoms with E-state index in [2.05, 4.69) is 16.8 Å². The summed E-state index contributed by atoms with van der Waals surface area (Å²) in [6.07, 6.45) is -0.546. The molecule has 0 saturated carbocycles. The minimum absolute atomic E-state index is 0.0869. The maximum atomic E-state index is 11.7. The van der Waals surface area contributed by atoms with Crippen LogP contribution in [0.2, 0.25) is 0 Å². The van der Waals surface area contributed by atoms with E-state index in [0.29, 0.717) is 35.1 Å². The smallest absolute Gasteiger partial charge is 0.333 e. The number of azo groups is 1. The van der Waals surface area contributed by atoms with E-state index in [4.69, 9.17) is 18.9 Å². The number of phenolic OH excluding ortho intramolecular Hbond substituents is 1. The van der Waals surface area contributed by atoms with Crippen LogP contribution in [0.3, 0.4) is 0 Å². The fourth-order valence-corrected chi connectivity index (χ4v) is 2.28. The second-order valence-corrected chi connectivity index (χ2v) is 6.33. The molecule has 1 unspecified atom stereocenters. The molecule has 0 heterocycles. The molecule has 1 atom stereocenters. The Morgan fingerprint density at radius 2 is 1.87 bits per heavy atom. The van der Waals surface area contributed by atoms with Crippen molar-refractivity contribution in [2.45, 2.75) is 20.0 Å². The van der Waals surface area contributed by atoms with Crippen molar-refractivity contribution in [3.8, 4) is 17.2 Å². The van der Waals surface area contributed by atoms with Gasteiger partial charge in [0, 0.05) is 18.2 Å². The first-order valence-corrected chi connectivity index (χ1v) is 9.38. The van der Waals surface area contributed by atoms with E-state index >= 15 is 0 Å². The molecular formula is C22H26N2O6. The highest BCUT2D eigenvalue weighted by Crippen LogP contribution is 2.32. The third-order valence-corrected chi connectivity index (χ3v) is 3.84. The molecule has 0 radical (unpaired) electrons. The SMILES string of the molecule is C=C(C)C(=O)OC(COCC)COc1ccc(N=Nc2ccc(O)cc2OC)cc1. The second-order valence-electron chi connectivity index (χ2n) is 6.33. The number of carbonyl (C=O) groups is 1. The van der Waals surface area contributed by atoms with Gasteiger partial charge < -0.3 is 24.1 Å². The number of rotatable bonds is 11. The summed E-state index contributed by atoms with van der Waals surface area (Å²) >= 11 is 0. The number of aromatic hydroxyl groups is 1. The molecule has 8 nitrogen and oxygen atoms in total. The van der Waals surface area contributed by atoms with Crippen LogP contribution in [0.25, 0.3) is 0 Å². The third-order valence-electron chi connectivity index (χ3n) is 3.84. The van der Waals surface area contributed by atoms with E-state index in [1.807, 2.05) is 6.92 Å². The summed E-state index contributed by atoms with van der Waals surface area (Å²) in [5.41, 5.74) is 1.42. The lowest BCUT2D eigenvalue weighted by atomic mass is 10.3. The number of phenols is 1. The van der Waals surface area contributed by atoms with Crippen molar-refractivity contribution in [2.75, 3.05) is 26.9 Å². The zero-order valence-electron chi connectivity index (χ0n) is 17.3. The van der Waals surface area contributed by atoms with Gasteiger partial charge in [-0.25, -0.2) is 4.79 Å². The molecule has 160 valence electrons. The Balaban J connectivity index is 1.97. The van der Waals surface area contributed by atoms with Crippen molar-refractivity contribution < 1.29 is 28.8 Å². The summed E-state index contributed by atoms with van der Waals surface area (Å²) in [6, 6.07) is 11.5. The van der Waals surface area contributed by atoms with Gasteiger partial charge in [0.05, 0.1) is 19.4 Å². The van der Waals surface area contributed by atoms with Crippen LogP contribution in [-0.2, 0) is 14.3 Å². The molecule has 0 aromatic heterocycles. The predicted octanol–water partition coefficient (Wildman–Crippen LogP) is 4.72. The molecule has 30 heavy (non-hydrogen) atoms. The van der Waals surface area contributed by atoms with E-state index in [-0.39, 0.29) is 19.0 Å². The minimum atomic E-state index is -0.546. The maximum Gasteiger partial charge on any atom is 0.333 e. The van der Waals surface area contributed by atoms with Gasteiger partial charge in [0.25, 0.3) is 0 Å². The number of esters is 1. The molecule has 0 aliphatic rings. The lowest BCUT2D eigenvalue weighted by Crippen LogP contribution is -2.30. The van der Waals surface area contributed by atoms with E-state index in [9.17, 15) is 9.90 Å². The summed E-state index contributed by atoms with van der Waals surface area (Å²) in [5.74, 6) is 0.611. The molecule has 2 aromatic rings. The van der Waals surface area contributed by atoms with Gasteiger partial charge in [-0.1, -0.05) is 6.58 Å². The quantitative estimate of drug-likeness (QED) is 0.324. The van der Waals surface area contributed by atoms with Gasteiger partial charge in [0.1, 0.15) is 29.5 Å². The maximum absolute atomic E-state index is 11.7. The van der Waals surface area contributed by atoms with Crippen LogP contribution in [0.4, 0.5) is 11.4 Å². The third kappa shape index (κ3) is 7.21. The largest absolute Gasteiger partial charge is 0.508 e. The molecule has 0 aliphatic carbocycles. The van der Waals surface area contributed by atoms with Crippen LogP contribution < -0.4 is 9.47 Å². The number of carbonyl (C=O) groups excluding carboxylic acids is 1.